The number of nitro benzene ring substituents is 1. The normalized spacial score (nSPS) is 10.4. The van der Waals surface area contributed by atoms with Crippen molar-refractivity contribution in [2.75, 3.05) is 12.4 Å². The highest BCUT2D eigenvalue weighted by Gasteiger charge is 2.15. The Balaban J connectivity index is 1.73. The van der Waals surface area contributed by atoms with E-state index < -0.39 is 16.6 Å². The molecule has 138 valence electrons. The summed E-state index contributed by atoms with van der Waals surface area (Å²) in [4.78, 5) is 23.5. The molecule has 10 nitrogen and oxygen atoms in total. The molecule has 1 N–H and O–H groups in total. The van der Waals surface area contributed by atoms with Gasteiger partial charge in [-0.3, -0.25) is 14.9 Å². The molecule has 0 radical (unpaired) electrons. The summed E-state index contributed by atoms with van der Waals surface area (Å²) in [6, 6.07) is 9.47. The van der Waals surface area contributed by atoms with Crippen molar-refractivity contribution in [2.24, 2.45) is 0 Å². The molecule has 1 amide bonds. The van der Waals surface area contributed by atoms with E-state index in [1.165, 1.54) is 43.5 Å². The zero-order chi connectivity index (χ0) is 19.4. The first kappa shape index (κ1) is 17.9. The fraction of sp³-hybridized carbons (Fsp3) is 0.125. The molecule has 3 rings (SSSR count). The van der Waals surface area contributed by atoms with Gasteiger partial charge in [0.05, 0.1) is 17.7 Å². The first-order valence-electron chi connectivity index (χ1n) is 7.62. The van der Waals surface area contributed by atoms with Gasteiger partial charge in [0.25, 0.3) is 5.69 Å². The van der Waals surface area contributed by atoms with Gasteiger partial charge in [0.2, 0.25) is 11.7 Å². The molecular formula is C16H13FN6O4. The van der Waals surface area contributed by atoms with E-state index in [2.05, 4.69) is 20.7 Å². The summed E-state index contributed by atoms with van der Waals surface area (Å²) in [5.74, 6) is -0.562. The zero-order valence-corrected chi connectivity index (χ0v) is 14.0. The third-order valence-corrected chi connectivity index (χ3v) is 3.49. The molecule has 0 fully saturated rings. The molecule has 0 bridgehead atoms. The van der Waals surface area contributed by atoms with Gasteiger partial charge in [-0.25, -0.2) is 4.39 Å². The number of nitro groups is 1. The second-order valence-corrected chi connectivity index (χ2v) is 5.34. The van der Waals surface area contributed by atoms with Crippen molar-refractivity contribution >= 4 is 17.3 Å². The Labute approximate surface area is 151 Å². The predicted octanol–water partition coefficient (Wildman–Crippen LogP) is 2.03. The molecule has 0 spiro atoms. The van der Waals surface area contributed by atoms with Crippen molar-refractivity contribution in [1.29, 1.82) is 0 Å². The lowest BCUT2D eigenvalue weighted by atomic mass is 10.2. The number of aromatic nitrogens is 4. The van der Waals surface area contributed by atoms with Gasteiger partial charge in [-0.1, -0.05) is 12.1 Å². The number of amides is 1. The molecule has 0 unspecified atom stereocenters. The number of ether oxygens (including phenoxy) is 1. The van der Waals surface area contributed by atoms with Crippen molar-refractivity contribution < 1.29 is 18.8 Å². The molecule has 3 aromatic rings. The van der Waals surface area contributed by atoms with Gasteiger partial charge in [0.15, 0.2) is 0 Å². The highest BCUT2D eigenvalue weighted by molar-refractivity contribution is 5.92. The van der Waals surface area contributed by atoms with E-state index in [-0.39, 0.29) is 29.5 Å². The Bertz CT molecular complexity index is 1010. The lowest BCUT2D eigenvalue weighted by Gasteiger charge is -2.09. The number of carbonyl (C=O) groups is 1. The lowest BCUT2D eigenvalue weighted by molar-refractivity contribution is -0.384. The molecule has 2 aromatic carbocycles. The third kappa shape index (κ3) is 4.21. The van der Waals surface area contributed by atoms with Crippen LogP contribution in [0.1, 0.15) is 0 Å². The summed E-state index contributed by atoms with van der Waals surface area (Å²) in [5.41, 5.74) is 0.363. The van der Waals surface area contributed by atoms with E-state index in [1.54, 1.807) is 6.07 Å². The molecule has 0 aliphatic carbocycles. The van der Waals surface area contributed by atoms with Crippen molar-refractivity contribution in [1.82, 2.24) is 20.2 Å². The fourth-order valence-electron chi connectivity index (χ4n) is 2.28. The van der Waals surface area contributed by atoms with Gasteiger partial charge in [-0.05, 0) is 23.4 Å². The molecule has 0 aliphatic rings. The largest absolute Gasteiger partial charge is 0.495 e. The van der Waals surface area contributed by atoms with Crippen LogP contribution in [0.15, 0.2) is 42.5 Å². The van der Waals surface area contributed by atoms with Crippen LogP contribution in [0.5, 0.6) is 5.75 Å². The van der Waals surface area contributed by atoms with Crippen LogP contribution in [0.2, 0.25) is 0 Å². The monoisotopic (exact) mass is 372 g/mol. The van der Waals surface area contributed by atoms with E-state index in [0.717, 1.165) is 4.80 Å². The SMILES string of the molecule is COc1ccc([N+](=O)[O-])cc1NC(=O)Cn1nnc(-c2cccc(F)c2)n1. The van der Waals surface area contributed by atoms with Crippen LogP contribution in [0.4, 0.5) is 15.8 Å². The standard InChI is InChI=1S/C16H13FN6O4/c1-27-14-6-5-12(23(25)26)8-13(14)18-15(24)9-22-20-16(19-21-22)10-3-2-4-11(17)7-10/h2-8H,9H2,1H3,(H,18,24). The minimum absolute atomic E-state index is 0.141. The summed E-state index contributed by atoms with van der Waals surface area (Å²) in [5, 5.41) is 24.9. The van der Waals surface area contributed by atoms with Gasteiger partial charge < -0.3 is 10.1 Å². The number of tetrazole rings is 1. The smallest absolute Gasteiger partial charge is 0.271 e. The fourth-order valence-corrected chi connectivity index (χ4v) is 2.28. The molecular weight excluding hydrogens is 359 g/mol. The van der Waals surface area contributed by atoms with Gasteiger partial charge >= 0.3 is 0 Å². The summed E-state index contributed by atoms with van der Waals surface area (Å²) < 4.78 is 18.3. The summed E-state index contributed by atoms with van der Waals surface area (Å²) in [6.07, 6.45) is 0. The Morgan fingerprint density at radius 2 is 2.15 bits per heavy atom. The zero-order valence-electron chi connectivity index (χ0n) is 14.0. The second-order valence-electron chi connectivity index (χ2n) is 5.34. The molecule has 1 heterocycles. The Kier molecular flexibility index (Phi) is 5.01. The molecule has 0 aliphatic heterocycles. The highest BCUT2D eigenvalue weighted by Crippen LogP contribution is 2.28. The van der Waals surface area contributed by atoms with Crippen LogP contribution < -0.4 is 10.1 Å². The highest BCUT2D eigenvalue weighted by atomic mass is 19.1. The number of halogens is 1. The van der Waals surface area contributed by atoms with Gasteiger partial charge in [-0.2, -0.15) is 4.80 Å². The average Bonchev–Trinajstić information content (AvgIpc) is 3.10. The first-order chi connectivity index (χ1) is 13.0. The van der Waals surface area contributed by atoms with E-state index in [1.807, 2.05) is 0 Å². The number of nitrogens with one attached hydrogen (secondary N) is 1. The Hall–Kier alpha value is -3.89. The summed E-state index contributed by atoms with van der Waals surface area (Å²) in [7, 11) is 1.38. The van der Waals surface area contributed by atoms with Gasteiger partial charge in [0, 0.05) is 17.7 Å². The summed E-state index contributed by atoms with van der Waals surface area (Å²) in [6.45, 7) is -0.297. The number of nitrogens with zero attached hydrogens (tertiary/aromatic N) is 5. The van der Waals surface area contributed by atoms with E-state index in [9.17, 15) is 19.3 Å². The van der Waals surface area contributed by atoms with E-state index in [0.29, 0.717) is 5.56 Å². The second kappa shape index (κ2) is 7.56. The molecule has 27 heavy (non-hydrogen) atoms. The number of non-ortho nitro benzene ring substituents is 1. The van der Waals surface area contributed by atoms with Crippen LogP contribution in [-0.4, -0.2) is 38.1 Å². The van der Waals surface area contributed by atoms with Crippen molar-refractivity contribution in [3.05, 3.63) is 58.4 Å². The minimum atomic E-state index is -0.584. The minimum Gasteiger partial charge on any atom is -0.495 e. The van der Waals surface area contributed by atoms with Crippen LogP contribution in [-0.2, 0) is 11.3 Å². The molecule has 0 atom stereocenters. The quantitative estimate of drug-likeness (QED) is 0.518. The maximum Gasteiger partial charge on any atom is 0.271 e. The number of rotatable bonds is 6. The van der Waals surface area contributed by atoms with Gasteiger partial charge in [-0.15, -0.1) is 10.2 Å². The third-order valence-electron chi connectivity index (χ3n) is 3.49. The Morgan fingerprint density at radius 1 is 1.33 bits per heavy atom. The first-order valence-corrected chi connectivity index (χ1v) is 7.62. The van der Waals surface area contributed by atoms with E-state index in [4.69, 9.17) is 4.74 Å². The molecule has 11 heteroatoms. The number of benzene rings is 2. The number of anilines is 1. The number of carbonyl (C=O) groups excluding carboxylic acids is 1. The molecule has 1 aromatic heterocycles. The average molecular weight is 372 g/mol. The number of methoxy groups -OCH3 is 1. The predicted molar refractivity (Wildman–Crippen MR) is 91.5 cm³/mol. The van der Waals surface area contributed by atoms with E-state index >= 15 is 0 Å². The molecule has 0 saturated heterocycles. The number of hydrogen-bond acceptors (Lipinski definition) is 7. The summed E-state index contributed by atoms with van der Waals surface area (Å²) >= 11 is 0. The lowest BCUT2D eigenvalue weighted by Crippen LogP contribution is -2.20. The number of hydrogen-bond donors (Lipinski definition) is 1. The van der Waals surface area contributed by atoms with Crippen LogP contribution in [0.25, 0.3) is 11.4 Å². The topological polar surface area (TPSA) is 125 Å². The van der Waals surface area contributed by atoms with Crippen molar-refractivity contribution in [3.63, 3.8) is 0 Å². The maximum absolute atomic E-state index is 13.3. The van der Waals surface area contributed by atoms with Crippen molar-refractivity contribution in [3.8, 4) is 17.1 Å². The van der Waals surface area contributed by atoms with Crippen LogP contribution in [0.3, 0.4) is 0 Å². The van der Waals surface area contributed by atoms with Crippen LogP contribution in [0, 0.1) is 15.9 Å². The van der Waals surface area contributed by atoms with Crippen molar-refractivity contribution in [2.45, 2.75) is 6.54 Å². The molecule has 0 saturated carbocycles. The van der Waals surface area contributed by atoms with Crippen LogP contribution >= 0.6 is 0 Å². The van der Waals surface area contributed by atoms with Gasteiger partial charge in [0.1, 0.15) is 18.1 Å². The Morgan fingerprint density at radius 3 is 2.85 bits per heavy atom. The maximum atomic E-state index is 13.3.